The predicted molar refractivity (Wildman–Crippen MR) is 113 cm³/mol. The number of nitrogens with one attached hydrogen (secondary N) is 1. The van der Waals surface area contributed by atoms with Crippen LogP contribution in [0.5, 0.6) is 0 Å². The smallest absolute Gasteiger partial charge is 0.280 e. The molecule has 1 fully saturated rings. The molecule has 0 radical (unpaired) electrons. The topological polar surface area (TPSA) is 142 Å². The predicted octanol–water partition coefficient (Wildman–Crippen LogP) is 2.49. The van der Waals surface area contributed by atoms with Crippen LogP contribution in [0.2, 0.25) is 5.02 Å². The van der Waals surface area contributed by atoms with Crippen molar-refractivity contribution in [2.75, 3.05) is 6.61 Å². The number of carbonyl (C=O) groups excluding carboxylic acids is 2. The zero-order valence-electron chi connectivity index (χ0n) is 17.0. The molecule has 0 spiro atoms. The van der Waals surface area contributed by atoms with Crippen LogP contribution in [0, 0.1) is 11.6 Å². The molecule has 1 unspecified atom stereocenters. The Bertz CT molecular complexity index is 1100. The lowest BCUT2D eigenvalue weighted by Crippen LogP contribution is -2.46. The van der Waals surface area contributed by atoms with Gasteiger partial charge in [0, 0.05) is 23.6 Å². The Morgan fingerprint density at radius 1 is 1.36 bits per heavy atom. The van der Waals surface area contributed by atoms with E-state index in [2.05, 4.69) is 20.6 Å². The van der Waals surface area contributed by atoms with Gasteiger partial charge < -0.3 is 16.3 Å². The molecule has 174 valence electrons. The van der Waals surface area contributed by atoms with E-state index in [-0.39, 0.29) is 19.6 Å². The molecule has 1 aliphatic heterocycles. The molecule has 2 aromatic rings. The standard InChI is InChI=1S/C20H19ClF2N6O4/c21-12-4-5-15(26-10-27-28-24)11(8-12)9-25-19(31)16-6-7-33-29(16)20(32)18(30)13-2-1-3-14(22)17(13)23/h1-5,8,10,16,18,30H,6-7,9H2,(H,25,31)(H2,24,26,27)/t16-,18?/m0/s1. The molecule has 0 bridgehead atoms. The first kappa shape index (κ1) is 24.2. The first-order valence-electron chi connectivity index (χ1n) is 9.60. The molecular weight excluding hydrogens is 462 g/mol. The van der Waals surface area contributed by atoms with Gasteiger partial charge in [0.2, 0.25) is 5.91 Å². The zero-order valence-corrected chi connectivity index (χ0v) is 17.7. The summed E-state index contributed by atoms with van der Waals surface area (Å²) in [5.41, 5.74) is 0.420. The van der Waals surface area contributed by atoms with Crippen molar-refractivity contribution < 1.29 is 28.3 Å². The molecule has 1 aliphatic rings. The molecule has 3 rings (SSSR count). The van der Waals surface area contributed by atoms with Crippen molar-refractivity contribution in [3.63, 3.8) is 0 Å². The fraction of sp³-hybridized carbons (Fsp3) is 0.250. The maximum Gasteiger partial charge on any atom is 0.280 e. The quantitative estimate of drug-likeness (QED) is 0.183. The number of nitrogens with two attached hydrogens (primary N) is 1. The van der Waals surface area contributed by atoms with Crippen LogP contribution in [0.1, 0.15) is 23.7 Å². The van der Waals surface area contributed by atoms with Gasteiger partial charge in [0.1, 0.15) is 12.4 Å². The highest BCUT2D eigenvalue weighted by Crippen LogP contribution is 2.26. The van der Waals surface area contributed by atoms with Gasteiger partial charge in [0.15, 0.2) is 17.7 Å². The van der Waals surface area contributed by atoms with E-state index < -0.39 is 41.2 Å². The molecule has 13 heteroatoms. The van der Waals surface area contributed by atoms with Crippen molar-refractivity contribution >= 4 is 35.4 Å². The summed E-state index contributed by atoms with van der Waals surface area (Å²) in [6.45, 7) is 0.00439. The highest BCUT2D eigenvalue weighted by molar-refractivity contribution is 6.30. The lowest BCUT2D eigenvalue weighted by Gasteiger charge is -2.24. The minimum atomic E-state index is -2.06. The molecule has 1 saturated heterocycles. The number of hydrogen-bond acceptors (Lipinski definition) is 6. The maximum absolute atomic E-state index is 14.0. The highest BCUT2D eigenvalue weighted by atomic mass is 35.5. The van der Waals surface area contributed by atoms with Crippen molar-refractivity contribution in [2.24, 2.45) is 21.2 Å². The zero-order chi connectivity index (χ0) is 24.0. The van der Waals surface area contributed by atoms with Gasteiger partial charge >= 0.3 is 0 Å². The molecule has 0 aromatic heterocycles. The fourth-order valence-corrected chi connectivity index (χ4v) is 3.34. The Balaban J connectivity index is 1.71. The van der Waals surface area contributed by atoms with E-state index in [9.17, 15) is 23.5 Å². The molecule has 10 nitrogen and oxygen atoms in total. The summed E-state index contributed by atoms with van der Waals surface area (Å²) in [6.07, 6.45) is -0.806. The van der Waals surface area contributed by atoms with E-state index in [1.165, 1.54) is 0 Å². The number of hydrogen-bond donors (Lipinski definition) is 3. The monoisotopic (exact) mass is 480 g/mol. The second-order valence-corrected chi connectivity index (χ2v) is 7.25. The number of nitrogens with zero attached hydrogens (tertiary/aromatic N) is 4. The van der Waals surface area contributed by atoms with Gasteiger partial charge in [-0.25, -0.2) is 18.8 Å². The van der Waals surface area contributed by atoms with Gasteiger partial charge in [-0.3, -0.25) is 14.4 Å². The second-order valence-electron chi connectivity index (χ2n) is 6.81. The van der Waals surface area contributed by atoms with E-state index in [0.717, 1.165) is 24.5 Å². The molecule has 1 heterocycles. The third kappa shape index (κ3) is 5.66. The van der Waals surface area contributed by atoms with Crippen LogP contribution in [0.25, 0.3) is 0 Å². The number of rotatable bonds is 7. The van der Waals surface area contributed by atoms with E-state index >= 15 is 0 Å². The van der Waals surface area contributed by atoms with Crippen LogP contribution in [0.3, 0.4) is 0 Å². The van der Waals surface area contributed by atoms with Crippen LogP contribution in [-0.2, 0) is 21.0 Å². The lowest BCUT2D eigenvalue weighted by molar-refractivity contribution is -0.188. The third-order valence-corrected chi connectivity index (χ3v) is 4.98. The number of amides is 2. The number of aliphatic imine (C=N–C) groups is 1. The minimum Gasteiger partial charge on any atom is -0.378 e. The SMILES string of the molecule is NN=NC=Nc1ccc(Cl)cc1CNC(=O)[C@@H]1CCON1C(=O)C(O)c1cccc(F)c1F. The largest absolute Gasteiger partial charge is 0.378 e. The number of aliphatic hydroxyl groups is 1. The van der Waals surface area contributed by atoms with Gasteiger partial charge in [-0.05, 0) is 29.8 Å². The van der Waals surface area contributed by atoms with Crippen molar-refractivity contribution in [2.45, 2.75) is 25.1 Å². The maximum atomic E-state index is 14.0. The van der Waals surface area contributed by atoms with E-state index in [1.807, 2.05) is 0 Å². The molecule has 2 aromatic carbocycles. The van der Waals surface area contributed by atoms with Crippen LogP contribution in [0.4, 0.5) is 14.5 Å². The number of hydroxylamine groups is 2. The Morgan fingerprint density at radius 2 is 2.15 bits per heavy atom. The molecule has 4 N–H and O–H groups in total. The summed E-state index contributed by atoms with van der Waals surface area (Å²) in [7, 11) is 0. The van der Waals surface area contributed by atoms with Gasteiger partial charge in [-0.1, -0.05) is 29.0 Å². The van der Waals surface area contributed by atoms with Crippen LogP contribution in [-0.4, -0.2) is 41.0 Å². The summed E-state index contributed by atoms with van der Waals surface area (Å²) in [4.78, 5) is 34.7. The summed E-state index contributed by atoms with van der Waals surface area (Å²) >= 11 is 6.02. The highest BCUT2D eigenvalue weighted by Gasteiger charge is 2.39. The number of benzene rings is 2. The van der Waals surface area contributed by atoms with E-state index in [0.29, 0.717) is 21.3 Å². The van der Waals surface area contributed by atoms with Crippen molar-refractivity contribution in [1.82, 2.24) is 10.4 Å². The van der Waals surface area contributed by atoms with Crippen molar-refractivity contribution in [3.05, 3.63) is 64.2 Å². The molecule has 2 atom stereocenters. The molecule has 2 amide bonds. The van der Waals surface area contributed by atoms with Crippen molar-refractivity contribution in [3.8, 4) is 0 Å². The Kier molecular flexibility index (Phi) is 7.98. The Morgan fingerprint density at radius 3 is 2.91 bits per heavy atom. The first-order valence-corrected chi connectivity index (χ1v) is 9.98. The van der Waals surface area contributed by atoms with Crippen molar-refractivity contribution in [1.29, 1.82) is 0 Å². The average molecular weight is 481 g/mol. The number of halogens is 3. The van der Waals surface area contributed by atoms with E-state index in [4.69, 9.17) is 22.3 Å². The van der Waals surface area contributed by atoms with Gasteiger partial charge in [0.25, 0.3) is 5.91 Å². The Labute approximate surface area is 191 Å². The number of aliphatic hydroxyl groups excluding tert-OH is 1. The van der Waals surface area contributed by atoms with Gasteiger partial charge in [-0.15, -0.1) is 5.11 Å². The van der Waals surface area contributed by atoms with Crippen LogP contribution < -0.4 is 11.2 Å². The number of carbonyl (C=O) groups is 2. The summed E-state index contributed by atoms with van der Waals surface area (Å²) in [5, 5.41) is 20.5. The lowest BCUT2D eigenvalue weighted by atomic mass is 10.1. The fourth-order valence-electron chi connectivity index (χ4n) is 3.15. The molecular formula is C20H19ClF2N6O4. The minimum absolute atomic E-state index is 0.00849. The third-order valence-electron chi connectivity index (χ3n) is 4.74. The van der Waals surface area contributed by atoms with Crippen LogP contribution in [0.15, 0.2) is 51.7 Å². The van der Waals surface area contributed by atoms with E-state index in [1.54, 1.807) is 18.2 Å². The molecule has 0 saturated carbocycles. The molecule has 33 heavy (non-hydrogen) atoms. The summed E-state index contributed by atoms with van der Waals surface area (Å²) in [5.74, 6) is 0.651. The summed E-state index contributed by atoms with van der Waals surface area (Å²) < 4.78 is 27.4. The average Bonchev–Trinajstić information content (AvgIpc) is 3.29. The summed E-state index contributed by atoms with van der Waals surface area (Å²) in [6, 6.07) is 6.75. The normalized spacial score (nSPS) is 17.1. The van der Waals surface area contributed by atoms with Crippen LogP contribution >= 0.6 is 11.6 Å². The molecule has 0 aliphatic carbocycles. The van der Waals surface area contributed by atoms with Gasteiger partial charge in [0.05, 0.1) is 12.3 Å². The Hall–Kier alpha value is -3.48. The second kappa shape index (κ2) is 10.9. The van der Waals surface area contributed by atoms with Gasteiger partial charge in [-0.2, -0.15) is 0 Å². The first-order chi connectivity index (χ1) is 15.8.